The Hall–Kier alpha value is -2.46. The summed E-state index contributed by atoms with van der Waals surface area (Å²) in [7, 11) is 4.07. The van der Waals surface area contributed by atoms with E-state index in [0.717, 1.165) is 37.2 Å². The number of carbonyl (C=O) groups excluding carboxylic acids is 1. The summed E-state index contributed by atoms with van der Waals surface area (Å²) in [6, 6.07) is 14.3. The van der Waals surface area contributed by atoms with Crippen molar-refractivity contribution in [3.63, 3.8) is 0 Å². The monoisotopic (exact) mass is 335 g/mol. The van der Waals surface area contributed by atoms with E-state index >= 15 is 0 Å². The molecule has 2 heterocycles. The number of pyridine rings is 1. The van der Waals surface area contributed by atoms with Crippen LogP contribution in [0.1, 0.15) is 35.7 Å². The van der Waals surface area contributed by atoms with Gasteiger partial charge < -0.3 is 9.80 Å². The minimum Gasteiger partial charge on any atom is -0.332 e. The zero-order chi connectivity index (χ0) is 17.6. The number of benzene rings is 1. The average molecular weight is 335 g/mol. The van der Waals surface area contributed by atoms with Crippen molar-refractivity contribution in [1.29, 1.82) is 0 Å². The first-order valence-corrected chi connectivity index (χ1v) is 8.77. The summed E-state index contributed by atoms with van der Waals surface area (Å²) in [6.07, 6.45) is 7.49. The fraction of sp³-hybridized carbons (Fsp3) is 0.333. The number of rotatable bonds is 5. The van der Waals surface area contributed by atoms with E-state index < -0.39 is 0 Å². The van der Waals surface area contributed by atoms with Crippen LogP contribution in [-0.2, 0) is 11.3 Å². The van der Waals surface area contributed by atoms with E-state index in [1.807, 2.05) is 67.7 Å². The quantitative estimate of drug-likeness (QED) is 0.785. The molecule has 1 amide bonds. The first kappa shape index (κ1) is 17.4. The van der Waals surface area contributed by atoms with Gasteiger partial charge in [-0.25, -0.2) is 0 Å². The van der Waals surface area contributed by atoms with Gasteiger partial charge in [0.05, 0.1) is 11.7 Å². The standard InChI is InChI=1S/C21H25N3O/c1-23(2)16-19-15-18(12-13-22-19)20-9-6-14-24(20)21(25)11-10-17-7-4-3-5-8-17/h3-5,7-8,10-13,15,20H,6,9,14,16H2,1-2H3/b11-10+. The summed E-state index contributed by atoms with van der Waals surface area (Å²) in [5, 5.41) is 0. The molecule has 0 bridgehead atoms. The Bertz CT molecular complexity index is 740. The number of carbonyl (C=O) groups is 1. The van der Waals surface area contributed by atoms with E-state index in [4.69, 9.17) is 0 Å². The zero-order valence-corrected chi connectivity index (χ0v) is 14.9. The van der Waals surface area contributed by atoms with E-state index in [0.29, 0.717) is 0 Å². The second-order valence-electron chi connectivity index (χ2n) is 6.75. The Morgan fingerprint density at radius 2 is 2.08 bits per heavy atom. The van der Waals surface area contributed by atoms with Crippen molar-refractivity contribution in [3.8, 4) is 0 Å². The number of hydrogen-bond acceptors (Lipinski definition) is 3. The van der Waals surface area contributed by atoms with Gasteiger partial charge in [-0.05, 0) is 56.3 Å². The SMILES string of the molecule is CN(C)Cc1cc(C2CCCN2C(=O)/C=C/c2ccccc2)ccn1. The molecule has 25 heavy (non-hydrogen) atoms. The van der Waals surface area contributed by atoms with E-state index in [1.54, 1.807) is 6.08 Å². The van der Waals surface area contributed by atoms with Crippen LogP contribution in [0.5, 0.6) is 0 Å². The normalized spacial score (nSPS) is 17.6. The summed E-state index contributed by atoms with van der Waals surface area (Å²) in [4.78, 5) is 21.2. The average Bonchev–Trinajstić information content (AvgIpc) is 3.10. The van der Waals surface area contributed by atoms with Gasteiger partial charge in [0.2, 0.25) is 5.91 Å². The molecule has 4 nitrogen and oxygen atoms in total. The number of aromatic nitrogens is 1. The van der Waals surface area contributed by atoms with Gasteiger partial charge in [0.15, 0.2) is 0 Å². The molecule has 0 aliphatic carbocycles. The largest absolute Gasteiger partial charge is 0.332 e. The number of nitrogens with zero attached hydrogens (tertiary/aromatic N) is 3. The highest BCUT2D eigenvalue weighted by Crippen LogP contribution is 2.32. The lowest BCUT2D eigenvalue weighted by atomic mass is 10.0. The smallest absolute Gasteiger partial charge is 0.247 e. The third-order valence-electron chi connectivity index (χ3n) is 4.46. The van der Waals surface area contributed by atoms with Crippen LogP contribution in [0.2, 0.25) is 0 Å². The molecule has 1 aliphatic rings. The van der Waals surface area contributed by atoms with Crippen molar-refractivity contribution < 1.29 is 4.79 Å². The molecular formula is C21H25N3O. The van der Waals surface area contributed by atoms with E-state index in [-0.39, 0.29) is 11.9 Å². The molecule has 1 unspecified atom stereocenters. The van der Waals surface area contributed by atoms with Crippen molar-refractivity contribution >= 4 is 12.0 Å². The maximum Gasteiger partial charge on any atom is 0.247 e. The predicted molar refractivity (Wildman–Crippen MR) is 101 cm³/mol. The lowest BCUT2D eigenvalue weighted by Gasteiger charge is -2.24. The molecule has 2 aromatic rings. The van der Waals surface area contributed by atoms with Crippen LogP contribution in [0.3, 0.4) is 0 Å². The van der Waals surface area contributed by atoms with Crippen molar-refractivity contribution in [3.05, 3.63) is 71.6 Å². The maximum absolute atomic E-state index is 12.7. The van der Waals surface area contributed by atoms with Crippen LogP contribution < -0.4 is 0 Å². The molecule has 1 saturated heterocycles. The molecule has 4 heteroatoms. The zero-order valence-electron chi connectivity index (χ0n) is 14.9. The highest BCUT2D eigenvalue weighted by Gasteiger charge is 2.28. The first-order chi connectivity index (χ1) is 12.1. The summed E-state index contributed by atoms with van der Waals surface area (Å²) in [5.74, 6) is 0.0809. The Labute approximate surface area is 149 Å². The molecule has 1 aromatic carbocycles. The molecule has 1 fully saturated rings. The molecule has 0 saturated carbocycles. The molecule has 1 aliphatic heterocycles. The molecule has 0 N–H and O–H groups in total. The molecule has 0 spiro atoms. The van der Waals surface area contributed by atoms with Gasteiger partial charge in [-0.15, -0.1) is 0 Å². The molecule has 0 radical (unpaired) electrons. The highest BCUT2D eigenvalue weighted by atomic mass is 16.2. The van der Waals surface area contributed by atoms with Gasteiger partial charge in [-0.2, -0.15) is 0 Å². The van der Waals surface area contributed by atoms with Crippen LogP contribution in [0.4, 0.5) is 0 Å². The molecular weight excluding hydrogens is 310 g/mol. The topological polar surface area (TPSA) is 36.4 Å². The van der Waals surface area contributed by atoms with Gasteiger partial charge in [0.1, 0.15) is 0 Å². The van der Waals surface area contributed by atoms with Gasteiger partial charge in [-0.1, -0.05) is 30.3 Å². The highest BCUT2D eigenvalue weighted by molar-refractivity contribution is 5.92. The van der Waals surface area contributed by atoms with Crippen LogP contribution in [0.25, 0.3) is 6.08 Å². The van der Waals surface area contributed by atoms with Gasteiger partial charge in [0.25, 0.3) is 0 Å². The second kappa shape index (κ2) is 8.08. The van der Waals surface area contributed by atoms with Gasteiger partial charge in [0, 0.05) is 25.4 Å². The van der Waals surface area contributed by atoms with E-state index in [2.05, 4.69) is 16.0 Å². The molecule has 3 rings (SSSR count). The number of amides is 1. The fourth-order valence-corrected chi connectivity index (χ4v) is 3.32. The Morgan fingerprint density at radius 3 is 2.84 bits per heavy atom. The third-order valence-corrected chi connectivity index (χ3v) is 4.46. The lowest BCUT2D eigenvalue weighted by molar-refractivity contribution is -0.126. The van der Waals surface area contributed by atoms with Crippen LogP contribution >= 0.6 is 0 Å². The van der Waals surface area contributed by atoms with Crippen LogP contribution in [0, 0.1) is 0 Å². The Morgan fingerprint density at radius 1 is 1.28 bits per heavy atom. The van der Waals surface area contributed by atoms with Gasteiger partial charge >= 0.3 is 0 Å². The van der Waals surface area contributed by atoms with Crippen molar-refractivity contribution in [2.24, 2.45) is 0 Å². The Balaban J connectivity index is 1.74. The summed E-state index contributed by atoms with van der Waals surface area (Å²) >= 11 is 0. The molecule has 1 atom stereocenters. The molecule has 1 aromatic heterocycles. The lowest BCUT2D eigenvalue weighted by Crippen LogP contribution is -2.29. The van der Waals surface area contributed by atoms with E-state index in [9.17, 15) is 4.79 Å². The van der Waals surface area contributed by atoms with Crippen LogP contribution in [0.15, 0.2) is 54.7 Å². The van der Waals surface area contributed by atoms with Crippen molar-refractivity contribution in [2.45, 2.75) is 25.4 Å². The van der Waals surface area contributed by atoms with E-state index in [1.165, 1.54) is 5.56 Å². The summed E-state index contributed by atoms with van der Waals surface area (Å²) < 4.78 is 0. The van der Waals surface area contributed by atoms with Crippen molar-refractivity contribution in [2.75, 3.05) is 20.6 Å². The first-order valence-electron chi connectivity index (χ1n) is 8.77. The maximum atomic E-state index is 12.7. The van der Waals surface area contributed by atoms with Crippen molar-refractivity contribution in [1.82, 2.24) is 14.8 Å². The van der Waals surface area contributed by atoms with Gasteiger partial charge in [-0.3, -0.25) is 9.78 Å². The fourth-order valence-electron chi connectivity index (χ4n) is 3.32. The second-order valence-corrected chi connectivity index (χ2v) is 6.75. The minimum absolute atomic E-state index is 0.0809. The van der Waals surface area contributed by atoms with Crippen LogP contribution in [-0.4, -0.2) is 41.3 Å². The number of likely N-dealkylation sites (tertiary alicyclic amines) is 1. The summed E-state index contributed by atoms with van der Waals surface area (Å²) in [5.41, 5.74) is 3.27. The Kier molecular flexibility index (Phi) is 5.61. The predicted octanol–water partition coefficient (Wildman–Crippen LogP) is 3.52. The third kappa shape index (κ3) is 4.54. The molecule has 130 valence electrons. The summed E-state index contributed by atoms with van der Waals surface area (Å²) in [6.45, 7) is 1.62. The minimum atomic E-state index is 0.0809. The number of hydrogen-bond donors (Lipinski definition) is 0.